The van der Waals surface area contributed by atoms with Crippen molar-refractivity contribution >= 4 is 37.5 Å². The van der Waals surface area contributed by atoms with Gasteiger partial charge in [0.1, 0.15) is 0 Å². The fourth-order valence-electron chi connectivity index (χ4n) is 7.90. The third-order valence-corrected chi connectivity index (χ3v) is 12.5. The van der Waals surface area contributed by atoms with E-state index in [0.29, 0.717) is 29.9 Å². The molecule has 0 aliphatic carbocycles. The van der Waals surface area contributed by atoms with Crippen molar-refractivity contribution in [1.29, 1.82) is 0 Å². The van der Waals surface area contributed by atoms with E-state index in [2.05, 4.69) is 10.6 Å². The lowest BCUT2D eigenvalue weighted by Crippen LogP contribution is -2.48. The lowest BCUT2D eigenvalue weighted by atomic mass is 9.82. The average Bonchev–Trinajstić information content (AvgIpc) is 3.67. The van der Waals surface area contributed by atoms with Crippen LogP contribution in [-0.4, -0.2) is 74.5 Å². The molecule has 0 aromatic heterocycles. The molecule has 6 rings (SSSR count). The maximum atomic E-state index is 16.2. The molecular formula is C32H41FN4O5Si. The van der Waals surface area contributed by atoms with E-state index >= 15 is 4.11 Å². The van der Waals surface area contributed by atoms with Gasteiger partial charge in [-0.2, -0.15) is 0 Å². The molecule has 4 aliphatic heterocycles. The molecule has 0 saturated carbocycles. The van der Waals surface area contributed by atoms with Gasteiger partial charge in [-0.1, -0.05) is 31.2 Å². The lowest BCUT2D eigenvalue weighted by molar-refractivity contribution is -0.150. The van der Waals surface area contributed by atoms with E-state index in [4.69, 9.17) is 4.74 Å². The number of nitrogens with zero attached hydrogens (tertiary/aromatic N) is 2. The largest absolute Gasteiger partial charge is 0.394 e. The van der Waals surface area contributed by atoms with Crippen molar-refractivity contribution in [2.45, 2.75) is 81.6 Å². The molecule has 43 heavy (non-hydrogen) atoms. The molecular weight excluding hydrogens is 567 g/mol. The van der Waals surface area contributed by atoms with Gasteiger partial charge in [0.05, 0.1) is 36.9 Å². The zero-order chi connectivity index (χ0) is 30.7. The Morgan fingerprint density at radius 1 is 1.21 bits per heavy atom. The third kappa shape index (κ3) is 5.00. The molecule has 2 aromatic carbocycles. The summed E-state index contributed by atoms with van der Waals surface area (Å²) in [4.78, 5) is 44.0. The summed E-state index contributed by atoms with van der Waals surface area (Å²) in [5.41, 5.74) is 1.79. The number of aliphatic hydroxyl groups is 1. The van der Waals surface area contributed by atoms with Gasteiger partial charge in [0.2, 0.25) is 20.2 Å². The number of aliphatic hydroxyl groups excluding tert-OH is 1. The molecule has 0 unspecified atom stereocenters. The predicted octanol–water partition coefficient (Wildman–Crippen LogP) is 3.46. The van der Waals surface area contributed by atoms with Crippen molar-refractivity contribution in [2.24, 2.45) is 5.92 Å². The van der Waals surface area contributed by atoms with E-state index in [1.807, 2.05) is 31.2 Å². The fraction of sp³-hybridized carbons (Fsp3) is 0.531. The standard InChI is InChI=1S/C32H41FN4O5Si/c1-19-29(43(3,4)33)27(16-28(39)37-17-21-9-6-5-8-20(21)14-23(37)18-38)42-32(19)24-15-22(11-12-26(24)36(2)31(32)41)35-30(40)25-10-7-13-34-25/h5-6,8-9,11-12,15,19,23,25,27,29,34,38H,7,10,13-14,16-18H2,1-4H3,(H,35,40)/t19-,23+,25-,27+,29-,32+/m1/s1. The van der Waals surface area contributed by atoms with E-state index < -0.39 is 31.6 Å². The van der Waals surface area contributed by atoms with Gasteiger partial charge < -0.3 is 34.4 Å². The summed E-state index contributed by atoms with van der Waals surface area (Å²) in [6.45, 7) is 6.04. The van der Waals surface area contributed by atoms with Crippen molar-refractivity contribution in [3.63, 3.8) is 0 Å². The Labute approximate surface area is 252 Å². The second-order valence-corrected chi connectivity index (χ2v) is 16.8. The van der Waals surface area contributed by atoms with Crippen LogP contribution in [0.15, 0.2) is 42.5 Å². The molecule has 9 nitrogen and oxygen atoms in total. The van der Waals surface area contributed by atoms with Crippen LogP contribution >= 0.6 is 0 Å². The maximum Gasteiger partial charge on any atom is 0.264 e. The SMILES string of the molecule is C[C@@H]1[C@@H]([Si](C)(C)F)[C@H](CC(=O)N2Cc3ccccc3C[C@H]2CO)O[C@@]12C(=O)N(C)c1ccc(NC(=O)[C@H]3CCCN3)cc12. The van der Waals surface area contributed by atoms with Crippen LogP contribution in [0, 0.1) is 5.92 Å². The quantitative estimate of drug-likeness (QED) is 0.342. The molecule has 1 spiro atoms. The zero-order valence-corrected chi connectivity index (χ0v) is 26.2. The number of halogens is 1. The van der Waals surface area contributed by atoms with E-state index in [9.17, 15) is 19.5 Å². The van der Waals surface area contributed by atoms with Crippen LogP contribution < -0.4 is 15.5 Å². The number of ether oxygens (including phenoxy) is 1. The monoisotopic (exact) mass is 608 g/mol. The Kier molecular flexibility index (Phi) is 7.73. The number of rotatable bonds is 6. The highest BCUT2D eigenvalue weighted by Gasteiger charge is 2.66. The number of amides is 3. The normalized spacial score (nSPS) is 30.1. The first-order chi connectivity index (χ1) is 20.5. The Bertz CT molecular complexity index is 1440. The number of carbonyl (C=O) groups excluding carboxylic acids is 3. The van der Waals surface area contributed by atoms with Crippen molar-refractivity contribution in [2.75, 3.05) is 30.4 Å². The average molecular weight is 609 g/mol. The molecule has 2 saturated heterocycles. The van der Waals surface area contributed by atoms with Gasteiger partial charge >= 0.3 is 0 Å². The van der Waals surface area contributed by atoms with Gasteiger partial charge in [0.25, 0.3) is 5.91 Å². The number of carbonyl (C=O) groups is 3. The molecule has 2 aromatic rings. The van der Waals surface area contributed by atoms with Crippen LogP contribution in [0.5, 0.6) is 0 Å². The van der Waals surface area contributed by atoms with Crippen LogP contribution in [0.4, 0.5) is 15.5 Å². The number of fused-ring (bicyclic) bond motifs is 3. The summed E-state index contributed by atoms with van der Waals surface area (Å²) in [5.74, 6) is -1.21. The second kappa shape index (κ2) is 11.1. The lowest BCUT2D eigenvalue weighted by Gasteiger charge is -2.37. The van der Waals surface area contributed by atoms with E-state index in [1.165, 1.54) is 4.90 Å². The third-order valence-electron chi connectivity index (χ3n) is 10.00. The summed E-state index contributed by atoms with van der Waals surface area (Å²) in [7, 11) is -1.79. The van der Waals surface area contributed by atoms with Crippen molar-refractivity contribution < 1.29 is 28.3 Å². The predicted molar refractivity (Wildman–Crippen MR) is 164 cm³/mol. The maximum absolute atomic E-state index is 16.2. The Hall–Kier alpha value is -3.12. The molecule has 0 bridgehead atoms. The van der Waals surface area contributed by atoms with Crippen molar-refractivity contribution in [1.82, 2.24) is 10.2 Å². The van der Waals surface area contributed by atoms with Gasteiger partial charge in [-0.25, -0.2) is 0 Å². The minimum atomic E-state index is -3.47. The molecule has 6 atom stereocenters. The molecule has 3 amide bonds. The smallest absolute Gasteiger partial charge is 0.264 e. The van der Waals surface area contributed by atoms with Crippen LogP contribution in [-0.2, 0) is 37.7 Å². The number of hydrogen-bond acceptors (Lipinski definition) is 6. The number of nitrogens with one attached hydrogen (secondary N) is 2. The van der Waals surface area contributed by atoms with Gasteiger partial charge in [-0.15, -0.1) is 0 Å². The molecule has 2 fully saturated rings. The van der Waals surface area contributed by atoms with Crippen LogP contribution in [0.3, 0.4) is 0 Å². The van der Waals surface area contributed by atoms with Gasteiger partial charge in [0.15, 0.2) is 5.60 Å². The van der Waals surface area contributed by atoms with Crippen LogP contribution in [0.25, 0.3) is 0 Å². The number of hydrogen-bond donors (Lipinski definition) is 3. The van der Waals surface area contributed by atoms with E-state index in [0.717, 1.165) is 30.5 Å². The zero-order valence-electron chi connectivity index (χ0n) is 25.2. The number of anilines is 2. The highest BCUT2D eigenvalue weighted by atomic mass is 28.4. The van der Waals surface area contributed by atoms with Crippen LogP contribution in [0.2, 0.25) is 18.6 Å². The highest BCUT2D eigenvalue weighted by molar-refractivity contribution is 6.72. The van der Waals surface area contributed by atoms with Crippen molar-refractivity contribution in [3.05, 3.63) is 59.2 Å². The molecule has 4 aliphatic rings. The summed E-state index contributed by atoms with van der Waals surface area (Å²) in [5, 5.41) is 16.3. The van der Waals surface area contributed by atoms with Gasteiger partial charge in [0, 0.05) is 36.3 Å². The Morgan fingerprint density at radius 3 is 2.63 bits per heavy atom. The molecule has 230 valence electrons. The molecule has 3 N–H and O–H groups in total. The minimum Gasteiger partial charge on any atom is -0.394 e. The first-order valence-corrected chi connectivity index (χ1v) is 18.2. The first-order valence-electron chi connectivity index (χ1n) is 15.3. The van der Waals surface area contributed by atoms with Crippen molar-refractivity contribution in [3.8, 4) is 0 Å². The van der Waals surface area contributed by atoms with E-state index in [-0.39, 0.29) is 42.8 Å². The summed E-state index contributed by atoms with van der Waals surface area (Å²) in [6, 6.07) is 12.6. The fourth-order valence-corrected chi connectivity index (χ4v) is 10.4. The van der Waals surface area contributed by atoms with Crippen LogP contribution in [0.1, 0.15) is 42.9 Å². The Morgan fingerprint density at radius 2 is 1.95 bits per heavy atom. The second-order valence-electron chi connectivity index (χ2n) is 13.0. The number of likely N-dealkylation sites (N-methyl/N-ethyl adjacent to an activating group) is 1. The summed E-state index contributed by atoms with van der Waals surface area (Å²) < 4.78 is 22.9. The molecule has 0 radical (unpaired) electrons. The summed E-state index contributed by atoms with van der Waals surface area (Å²) in [6.07, 6.45) is 1.32. The molecule has 11 heteroatoms. The highest BCUT2D eigenvalue weighted by Crippen LogP contribution is 2.60. The van der Waals surface area contributed by atoms with Gasteiger partial charge in [-0.3, -0.25) is 14.4 Å². The van der Waals surface area contributed by atoms with E-state index in [1.54, 1.807) is 43.2 Å². The minimum absolute atomic E-state index is 0.0914. The first kappa shape index (κ1) is 29.9. The number of benzene rings is 2. The topological polar surface area (TPSA) is 111 Å². The Balaban J connectivity index is 1.32. The van der Waals surface area contributed by atoms with Gasteiger partial charge in [-0.05, 0) is 68.2 Å². The molecule has 4 heterocycles. The summed E-state index contributed by atoms with van der Waals surface area (Å²) >= 11 is 0.